The number of amides is 2. The zero-order valence-electron chi connectivity index (χ0n) is 18.0. The van der Waals surface area contributed by atoms with Crippen LogP contribution in [0.4, 0.5) is 5.69 Å². The molecule has 2 rings (SSSR count). The number of carbonyl (C=O) groups is 2. The molecule has 0 aliphatic heterocycles. The maximum Gasteiger partial charge on any atom is 0.270 e. The summed E-state index contributed by atoms with van der Waals surface area (Å²) in [7, 11) is 0. The Morgan fingerprint density at radius 1 is 1.19 bits per heavy atom. The molecule has 0 aromatic heterocycles. The van der Waals surface area contributed by atoms with Gasteiger partial charge in [-0.1, -0.05) is 26.0 Å². The van der Waals surface area contributed by atoms with E-state index in [4.69, 9.17) is 9.84 Å². The van der Waals surface area contributed by atoms with Gasteiger partial charge in [-0.2, -0.15) is 0 Å². The summed E-state index contributed by atoms with van der Waals surface area (Å²) in [6.07, 6.45) is 1.71. The summed E-state index contributed by atoms with van der Waals surface area (Å²) in [6, 6.07) is 12.2. The van der Waals surface area contributed by atoms with E-state index in [0.29, 0.717) is 35.8 Å². The average Bonchev–Trinajstić information content (AvgIpc) is 2.77. The molecule has 2 aromatic carbocycles. The van der Waals surface area contributed by atoms with Crippen molar-refractivity contribution >= 4 is 23.6 Å². The van der Waals surface area contributed by atoms with Crippen LogP contribution in [0, 0.1) is 16.0 Å². The molecule has 9 nitrogen and oxygen atoms in total. The van der Waals surface area contributed by atoms with Gasteiger partial charge < -0.3 is 20.5 Å². The zero-order valence-corrected chi connectivity index (χ0v) is 18.0. The summed E-state index contributed by atoms with van der Waals surface area (Å²) in [5.41, 5.74) is 0.481. The number of nitro groups is 1. The first kappa shape index (κ1) is 24.5. The van der Waals surface area contributed by atoms with E-state index in [2.05, 4.69) is 10.6 Å². The van der Waals surface area contributed by atoms with Gasteiger partial charge in [-0.15, -0.1) is 0 Å². The third-order valence-electron chi connectivity index (χ3n) is 4.21. The molecule has 0 saturated heterocycles. The Morgan fingerprint density at radius 2 is 1.91 bits per heavy atom. The van der Waals surface area contributed by atoms with Crippen molar-refractivity contribution in [1.29, 1.82) is 0 Å². The number of carbonyl (C=O) groups excluding carboxylic acids is 2. The van der Waals surface area contributed by atoms with E-state index < -0.39 is 16.7 Å². The lowest BCUT2D eigenvalue weighted by Crippen LogP contribution is -2.35. The van der Waals surface area contributed by atoms with Crippen LogP contribution >= 0.6 is 0 Å². The molecule has 0 aliphatic rings. The van der Waals surface area contributed by atoms with E-state index in [1.54, 1.807) is 30.3 Å². The molecule has 0 saturated carbocycles. The Kier molecular flexibility index (Phi) is 9.37. The molecule has 0 bridgehead atoms. The van der Waals surface area contributed by atoms with Gasteiger partial charge in [0.05, 0.1) is 11.5 Å². The molecule has 0 unspecified atom stereocenters. The Balaban J connectivity index is 2.22. The van der Waals surface area contributed by atoms with Gasteiger partial charge in [0.15, 0.2) is 0 Å². The number of non-ortho nitro benzene ring substituents is 1. The Bertz CT molecular complexity index is 970. The molecular formula is C23H27N3O6. The highest BCUT2D eigenvalue weighted by Gasteiger charge is 2.15. The van der Waals surface area contributed by atoms with Crippen molar-refractivity contribution in [3.63, 3.8) is 0 Å². The molecule has 0 heterocycles. The number of aliphatic hydroxyl groups is 1. The van der Waals surface area contributed by atoms with Crippen molar-refractivity contribution in [2.45, 2.75) is 20.3 Å². The third-order valence-corrected chi connectivity index (χ3v) is 4.21. The Morgan fingerprint density at radius 3 is 2.53 bits per heavy atom. The van der Waals surface area contributed by atoms with Crippen LogP contribution in [0.1, 0.15) is 36.2 Å². The number of aliphatic hydroxyl groups excluding tert-OH is 1. The molecule has 0 radical (unpaired) electrons. The Labute approximate surface area is 186 Å². The molecule has 32 heavy (non-hydrogen) atoms. The summed E-state index contributed by atoms with van der Waals surface area (Å²) in [5, 5.41) is 25.1. The second-order valence-electron chi connectivity index (χ2n) is 7.43. The lowest BCUT2D eigenvalue weighted by atomic mass is 10.1. The number of nitrogens with one attached hydrogen (secondary N) is 2. The number of hydrogen-bond donors (Lipinski definition) is 3. The third kappa shape index (κ3) is 7.84. The van der Waals surface area contributed by atoms with Crippen molar-refractivity contribution in [1.82, 2.24) is 10.6 Å². The Hall–Kier alpha value is -3.72. The molecule has 0 atom stereocenters. The van der Waals surface area contributed by atoms with Gasteiger partial charge in [-0.05, 0) is 48.2 Å². The standard InChI is InChI=1S/C23H27N3O6/c1-16(2)15-32-20-9-7-18(8-10-20)22(28)25-21(23(29)24-11-4-12-27)14-17-5-3-6-19(13-17)26(30)31/h3,5-10,13-14,16,27H,4,11-12,15H2,1-2H3,(H,24,29)(H,25,28)/b21-14+. The van der Waals surface area contributed by atoms with E-state index in [0.717, 1.165) is 0 Å². The van der Waals surface area contributed by atoms with Gasteiger partial charge in [-0.25, -0.2) is 0 Å². The van der Waals surface area contributed by atoms with Gasteiger partial charge in [-0.3, -0.25) is 19.7 Å². The first-order chi connectivity index (χ1) is 15.3. The van der Waals surface area contributed by atoms with Crippen LogP contribution in [0.2, 0.25) is 0 Å². The summed E-state index contributed by atoms with van der Waals surface area (Å²) < 4.78 is 5.60. The molecule has 0 fully saturated rings. The summed E-state index contributed by atoms with van der Waals surface area (Å²) in [5.74, 6) is -0.0993. The van der Waals surface area contributed by atoms with Crippen molar-refractivity contribution in [2.75, 3.05) is 19.8 Å². The monoisotopic (exact) mass is 441 g/mol. The summed E-state index contributed by atoms with van der Waals surface area (Å²) in [4.78, 5) is 35.8. The van der Waals surface area contributed by atoms with Crippen LogP contribution < -0.4 is 15.4 Å². The average molecular weight is 441 g/mol. The van der Waals surface area contributed by atoms with Crippen molar-refractivity contribution < 1.29 is 24.4 Å². The largest absolute Gasteiger partial charge is 0.493 e. The highest BCUT2D eigenvalue weighted by Crippen LogP contribution is 2.17. The van der Waals surface area contributed by atoms with Gasteiger partial charge in [0.1, 0.15) is 11.4 Å². The van der Waals surface area contributed by atoms with Crippen LogP contribution in [0.25, 0.3) is 6.08 Å². The normalized spacial score (nSPS) is 11.2. The predicted molar refractivity (Wildman–Crippen MR) is 120 cm³/mol. The van der Waals surface area contributed by atoms with Gasteiger partial charge >= 0.3 is 0 Å². The quantitative estimate of drug-likeness (QED) is 0.213. The van der Waals surface area contributed by atoms with E-state index in [9.17, 15) is 19.7 Å². The number of rotatable bonds is 11. The van der Waals surface area contributed by atoms with Crippen molar-refractivity contribution in [3.8, 4) is 5.75 Å². The van der Waals surface area contributed by atoms with Crippen LogP contribution in [-0.4, -0.2) is 41.6 Å². The predicted octanol–water partition coefficient (Wildman–Crippen LogP) is 2.90. The molecule has 2 amide bonds. The van der Waals surface area contributed by atoms with E-state index >= 15 is 0 Å². The van der Waals surface area contributed by atoms with Crippen LogP contribution in [0.5, 0.6) is 5.75 Å². The van der Waals surface area contributed by atoms with E-state index in [1.165, 1.54) is 24.3 Å². The molecule has 3 N–H and O–H groups in total. The lowest BCUT2D eigenvalue weighted by molar-refractivity contribution is -0.384. The second-order valence-corrected chi connectivity index (χ2v) is 7.43. The molecule has 9 heteroatoms. The highest BCUT2D eigenvalue weighted by molar-refractivity contribution is 6.05. The fraction of sp³-hybridized carbons (Fsp3) is 0.304. The second kappa shape index (κ2) is 12.2. The summed E-state index contributed by atoms with van der Waals surface area (Å²) >= 11 is 0. The van der Waals surface area contributed by atoms with Crippen LogP contribution in [0.15, 0.2) is 54.2 Å². The fourth-order valence-electron chi connectivity index (χ4n) is 2.59. The molecule has 0 aliphatic carbocycles. The minimum atomic E-state index is -0.574. The fourth-order valence-corrected chi connectivity index (χ4v) is 2.59. The number of benzene rings is 2. The van der Waals surface area contributed by atoms with Crippen LogP contribution in [0.3, 0.4) is 0 Å². The van der Waals surface area contributed by atoms with E-state index in [1.807, 2.05) is 13.8 Å². The van der Waals surface area contributed by atoms with Crippen molar-refractivity contribution in [2.24, 2.45) is 5.92 Å². The van der Waals surface area contributed by atoms with E-state index in [-0.39, 0.29) is 24.5 Å². The number of hydrogen-bond acceptors (Lipinski definition) is 6. The maximum atomic E-state index is 12.7. The van der Waals surface area contributed by atoms with Gasteiger partial charge in [0.25, 0.3) is 17.5 Å². The molecule has 2 aromatic rings. The molecule has 170 valence electrons. The maximum absolute atomic E-state index is 12.7. The van der Waals surface area contributed by atoms with Crippen LogP contribution in [-0.2, 0) is 4.79 Å². The minimum Gasteiger partial charge on any atom is -0.493 e. The lowest BCUT2D eigenvalue weighted by Gasteiger charge is -2.12. The van der Waals surface area contributed by atoms with Gasteiger partial charge in [0.2, 0.25) is 0 Å². The highest BCUT2D eigenvalue weighted by atomic mass is 16.6. The molecular weight excluding hydrogens is 414 g/mol. The molecule has 0 spiro atoms. The van der Waals surface area contributed by atoms with Gasteiger partial charge in [0, 0.05) is 30.8 Å². The topological polar surface area (TPSA) is 131 Å². The summed E-state index contributed by atoms with van der Waals surface area (Å²) in [6.45, 7) is 4.72. The number of nitrogens with zero attached hydrogens (tertiary/aromatic N) is 1. The minimum absolute atomic E-state index is 0.0754. The number of nitro benzene ring substituents is 1. The first-order valence-electron chi connectivity index (χ1n) is 10.2. The smallest absolute Gasteiger partial charge is 0.270 e. The zero-order chi connectivity index (χ0) is 23.5. The number of ether oxygens (including phenoxy) is 1. The first-order valence-corrected chi connectivity index (χ1v) is 10.2. The SMILES string of the molecule is CC(C)COc1ccc(C(=O)N/C(=C/c2cccc([N+](=O)[O-])c2)C(=O)NCCCO)cc1. The van der Waals surface area contributed by atoms with Crippen molar-refractivity contribution in [3.05, 3.63) is 75.5 Å².